The summed E-state index contributed by atoms with van der Waals surface area (Å²) < 4.78 is 5.45. The van der Waals surface area contributed by atoms with Crippen LogP contribution in [-0.4, -0.2) is 91.0 Å². The Morgan fingerprint density at radius 2 is 1.96 bits per heavy atom. The highest BCUT2D eigenvalue weighted by atomic mass is 16.5. The number of rotatable bonds is 14. The molecule has 1 aromatic rings. The van der Waals surface area contributed by atoms with Crippen LogP contribution in [0.25, 0.3) is 0 Å². The van der Waals surface area contributed by atoms with Crippen molar-refractivity contribution in [1.82, 2.24) is 10.6 Å². The van der Waals surface area contributed by atoms with Crippen LogP contribution in [0.15, 0.2) is 95.2 Å². The summed E-state index contributed by atoms with van der Waals surface area (Å²) in [5.74, 6) is -0.753. The van der Waals surface area contributed by atoms with Crippen LogP contribution >= 0.6 is 0 Å². The minimum Gasteiger partial charge on any atom is -0.396 e. The minimum atomic E-state index is -1.22. The Morgan fingerprint density at radius 1 is 1.18 bits per heavy atom. The molecule has 9 atom stereocenters. The molecule has 6 N–H and O–H groups in total. The van der Waals surface area contributed by atoms with Gasteiger partial charge in [0.15, 0.2) is 0 Å². The van der Waals surface area contributed by atoms with Gasteiger partial charge < -0.3 is 35.8 Å². The van der Waals surface area contributed by atoms with Gasteiger partial charge in [0.05, 0.1) is 18.3 Å². The molecule has 1 heterocycles. The lowest BCUT2D eigenvalue weighted by Gasteiger charge is -2.61. The van der Waals surface area contributed by atoms with Gasteiger partial charge in [-0.25, -0.2) is 0 Å². The summed E-state index contributed by atoms with van der Waals surface area (Å²) in [5, 5.41) is 53.3. The van der Waals surface area contributed by atoms with Crippen molar-refractivity contribution >= 4 is 6.29 Å². The van der Waals surface area contributed by atoms with E-state index in [4.69, 9.17) is 4.74 Å². The van der Waals surface area contributed by atoms with Crippen LogP contribution in [-0.2, 0) is 22.4 Å². The van der Waals surface area contributed by atoms with Crippen LogP contribution in [0, 0.1) is 35.0 Å². The molecule has 5 rings (SSSR count). The number of hydrogen-bond donors (Lipinski definition) is 6. The average Bonchev–Trinajstić information content (AvgIpc) is 3.52. The van der Waals surface area contributed by atoms with Gasteiger partial charge >= 0.3 is 0 Å². The number of hydrogen-bond acceptors (Lipinski definition) is 8. The van der Waals surface area contributed by atoms with Crippen molar-refractivity contribution in [3.8, 4) is 0 Å². The van der Waals surface area contributed by atoms with Gasteiger partial charge in [-0.15, -0.1) is 0 Å². The molecule has 8 nitrogen and oxygen atoms in total. The summed E-state index contributed by atoms with van der Waals surface area (Å²) in [6, 6.07) is 8.89. The molecule has 2 saturated carbocycles. The first-order valence-corrected chi connectivity index (χ1v) is 20.5. The lowest BCUT2D eigenvalue weighted by atomic mass is 9.45. The zero-order chi connectivity index (χ0) is 39.8. The van der Waals surface area contributed by atoms with E-state index in [0.29, 0.717) is 50.8 Å². The first-order chi connectivity index (χ1) is 26.4. The zero-order valence-electron chi connectivity index (χ0n) is 34.0. The summed E-state index contributed by atoms with van der Waals surface area (Å²) in [7, 11) is 3.62. The molecule has 1 spiro atoms. The second-order valence-corrected chi connectivity index (χ2v) is 17.3. The third-order valence-electron chi connectivity index (χ3n) is 13.7. The van der Waals surface area contributed by atoms with E-state index >= 15 is 0 Å². The number of benzene rings is 1. The summed E-state index contributed by atoms with van der Waals surface area (Å²) >= 11 is 0. The van der Waals surface area contributed by atoms with Crippen LogP contribution < -0.4 is 10.6 Å². The van der Waals surface area contributed by atoms with E-state index in [0.717, 1.165) is 55.2 Å². The maximum atomic E-state index is 12.8. The molecule has 302 valence electrons. The van der Waals surface area contributed by atoms with Crippen LogP contribution in [0.4, 0.5) is 0 Å². The molecule has 4 aliphatic rings. The summed E-state index contributed by atoms with van der Waals surface area (Å²) in [6.07, 6.45) is 18.4. The number of fused-ring (bicyclic) bond motifs is 5. The van der Waals surface area contributed by atoms with Gasteiger partial charge in [0.1, 0.15) is 6.29 Å². The van der Waals surface area contributed by atoms with Gasteiger partial charge in [0, 0.05) is 49.7 Å². The van der Waals surface area contributed by atoms with Crippen LogP contribution in [0.3, 0.4) is 0 Å². The molecule has 4 bridgehead atoms. The molecule has 1 aliphatic heterocycles. The normalized spacial score (nSPS) is 35.9. The number of nitrogens with one attached hydrogen (secondary N) is 2. The molecule has 3 aliphatic carbocycles. The third kappa shape index (κ3) is 9.28. The number of ether oxygens (including phenoxy) is 1. The quantitative estimate of drug-likeness (QED) is 0.0593. The number of aldehydes is 1. The number of methoxy groups -OCH3 is 1. The summed E-state index contributed by atoms with van der Waals surface area (Å²) in [4.78, 5) is 12.3. The average molecular weight is 757 g/mol. The highest BCUT2D eigenvalue weighted by molar-refractivity contribution is 5.74. The van der Waals surface area contributed by atoms with Crippen LogP contribution in [0.1, 0.15) is 76.8 Å². The van der Waals surface area contributed by atoms with E-state index in [1.54, 1.807) is 7.11 Å². The Morgan fingerprint density at radius 3 is 2.67 bits per heavy atom. The van der Waals surface area contributed by atoms with Gasteiger partial charge in [-0.05, 0) is 132 Å². The van der Waals surface area contributed by atoms with Gasteiger partial charge in [-0.1, -0.05) is 84.0 Å². The molecule has 0 aromatic heterocycles. The minimum absolute atomic E-state index is 0.0301. The molecule has 1 aromatic carbocycles. The molecule has 8 heteroatoms. The van der Waals surface area contributed by atoms with Crippen molar-refractivity contribution in [2.24, 2.45) is 35.0 Å². The Bertz CT molecular complexity index is 1660. The fourth-order valence-corrected chi connectivity index (χ4v) is 10.6. The molecule has 0 radical (unpaired) electrons. The van der Waals surface area contributed by atoms with E-state index in [1.165, 1.54) is 16.7 Å². The van der Waals surface area contributed by atoms with Crippen molar-refractivity contribution in [3.63, 3.8) is 0 Å². The van der Waals surface area contributed by atoms with E-state index in [2.05, 4.69) is 73.6 Å². The van der Waals surface area contributed by atoms with E-state index in [1.807, 2.05) is 32.2 Å². The van der Waals surface area contributed by atoms with Crippen LogP contribution in [0.5, 0.6) is 0 Å². The third-order valence-corrected chi connectivity index (χ3v) is 13.7. The predicted molar refractivity (Wildman–Crippen MR) is 221 cm³/mol. The van der Waals surface area contributed by atoms with E-state index < -0.39 is 17.1 Å². The van der Waals surface area contributed by atoms with Gasteiger partial charge in [0.2, 0.25) is 0 Å². The Hall–Kier alpha value is -2.95. The number of allylic oxidation sites excluding steroid dienone is 9. The highest BCUT2D eigenvalue weighted by Crippen LogP contribution is 2.67. The number of aliphatic hydroxyl groups is 4. The van der Waals surface area contributed by atoms with Gasteiger partial charge in [-0.3, -0.25) is 4.79 Å². The van der Waals surface area contributed by atoms with Crippen LogP contribution in [0.2, 0.25) is 0 Å². The SMILES string of the molecule is C=C(/C=C/C=C(/CO)[C@@H]1CC[C@]2([C@@H]1O)[C@@H]1C(=C(C)C=O)[C@@H](C=C[C@@H]1CCO)C[C@]2(O)CCNC)[C@H]1C/C=C(\C)CN[C@](C)(CCOC)Cc2cccc(c2)C1. The second-order valence-electron chi connectivity index (χ2n) is 17.3. The molecule has 0 amide bonds. The van der Waals surface area contributed by atoms with Crippen molar-refractivity contribution in [2.45, 2.75) is 95.8 Å². The summed E-state index contributed by atoms with van der Waals surface area (Å²) in [5.41, 5.74) is 4.97. The number of aliphatic hydroxyl groups excluding tert-OH is 3. The first kappa shape index (κ1) is 43.2. The fourth-order valence-electron chi connectivity index (χ4n) is 10.6. The zero-order valence-corrected chi connectivity index (χ0v) is 34.0. The Balaban J connectivity index is 1.42. The van der Waals surface area contributed by atoms with Crippen molar-refractivity contribution < 1.29 is 30.0 Å². The number of carbonyl (C=O) groups excluding carboxylic acids is 1. The monoisotopic (exact) mass is 757 g/mol. The van der Waals surface area contributed by atoms with Gasteiger partial charge in [-0.2, -0.15) is 0 Å². The first-order valence-electron chi connectivity index (χ1n) is 20.5. The smallest absolute Gasteiger partial charge is 0.145 e. The van der Waals surface area contributed by atoms with Crippen molar-refractivity contribution in [2.75, 3.05) is 47.1 Å². The van der Waals surface area contributed by atoms with Gasteiger partial charge in [0.25, 0.3) is 0 Å². The standard InChI is InChI=1S/C47H68N2O6/c1-32-13-14-38(26-35-10-8-11-36(25-35)27-45(4,49-29-32)21-24-55-6)33(2)9-7-12-40(31-52)41-17-19-47(44(41)53)43-37(18-23-50)15-16-39(42(43)34(3)30-51)28-46(47,54)20-22-48-5/h7-13,15-16,25,30,37-39,41,43-44,48-50,52-54H,2,14,17-24,26-29,31H2,1,3-6H3/b9-7+,32-13+,40-12-,42-34?/t37-,38+,39+,41+,43+,44-,45-,46-,47-/m1/s1. The molecule has 0 saturated heterocycles. The molecule has 2 fully saturated rings. The topological polar surface area (TPSA) is 131 Å². The summed E-state index contributed by atoms with van der Waals surface area (Å²) in [6.45, 7) is 12.7. The van der Waals surface area contributed by atoms with E-state index in [9.17, 15) is 25.2 Å². The fraction of sp³-hybridized carbons (Fsp3) is 0.596. The molecular formula is C47H68N2O6. The molecule has 55 heavy (non-hydrogen) atoms. The lowest BCUT2D eigenvalue weighted by Crippen LogP contribution is -2.65. The Kier molecular flexibility index (Phi) is 14.9. The van der Waals surface area contributed by atoms with Crippen molar-refractivity contribution in [3.05, 3.63) is 106 Å². The van der Waals surface area contributed by atoms with E-state index in [-0.39, 0.29) is 48.3 Å². The largest absolute Gasteiger partial charge is 0.396 e. The lowest BCUT2D eigenvalue weighted by molar-refractivity contribution is -0.194. The second kappa shape index (κ2) is 19.0. The highest BCUT2D eigenvalue weighted by Gasteiger charge is 2.68. The predicted octanol–water partition coefficient (Wildman–Crippen LogP) is 5.97. The van der Waals surface area contributed by atoms with Crippen molar-refractivity contribution in [1.29, 1.82) is 0 Å². The maximum Gasteiger partial charge on any atom is 0.145 e. The molecule has 0 unspecified atom stereocenters. The number of carbonyl (C=O) groups is 1. The maximum absolute atomic E-state index is 12.8. The molecular weight excluding hydrogens is 689 g/mol. The Labute approximate surface area is 330 Å².